The maximum Gasteiger partial charge on any atom is 0.461 e. The van der Waals surface area contributed by atoms with E-state index in [0.29, 0.717) is 32.4 Å². The molecular formula is C22H20ClF7N4O4. The van der Waals surface area contributed by atoms with E-state index in [1.807, 2.05) is 10.2 Å². The molecule has 0 unspecified atom stereocenters. The molecule has 8 nitrogen and oxygen atoms in total. The summed E-state index contributed by atoms with van der Waals surface area (Å²) in [7, 11) is 0. The summed E-state index contributed by atoms with van der Waals surface area (Å²) in [6.07, 6.45) is -13.8. The quantitative estimate of drug-likeness (QED) is 0.460. The van der Waals surface area contributed by atoms with Crippen LogP contribution in [0, 0.1) is 0 Å². The minimum atomic E-state index is -4.76. The maximum absolute atomic E-state index is 13.0. The molecule has 208 valence electrons. The van der Waals surface area contributed by atoms with E-state index in [2.05, 4.69) is 9.72 Å². The van der Waals surface area contributed by atoms with Gasteiger partial charge in [0, 0.05) is 44.5 Å². The second-order valence-corrected chi connectivity index (χ2v) is 8.35. The van der Waals surface area contributed by atoms with Crippen molar-refractivity contribution in [3.8, 4) is 5.75 Å². The number of pyridine rings is 1. The molecule has 0 radical (unpaired) electrons. The highest BCUT2D eigenvalue weighted by molar-refractivity contribution is 6.33. The third-order valence-corrected chi connectivity index (χ3v) is 5.56. The average molecular weight is 573 g/mol. The van der Waals surface area contributed by atoms with Gasteiger partial charge in [-0.05, 0) is 24.3 Å². The predicted molar refractivity (Wildman–Crippen MR) is 120 cm³/mol. The lowest BCUT2D eigenvalue weighted by molar-refractivity contribution is -0.253. The van der Waals surface area contributed by atoms with Crippen molar-refractivity contribution in [3.05, 3.63) is 52.7 Å². The number of aromatic nitrogens is 1. The first-order valence-electron chi connectivity index (χ1n) is 10.9. The molecule has 1 aromatic carbocycles. The van der Waals surface area contributed by atoms with Gasteiger partial charge in [0.1, 0.15) is 18.2 Å². The lowest BCUT2D eigenvalue weighted by Crippen LogP contribution is -2.48. The lowest BCUT2D eigenvalue weighted by Gasteiger charge is -2.35. The van der Waals surface area contributed by atoms with Crippen LogP contribution in [0.1, 0.15) is 15.9 Å². The Labute approximate surface area is 216 Å². The van der Waals surface area contributed by atoms with Gasteiger partial charge in [0.05, 0.1) is 10.6 Å². The molecule has 2 aromatic rings. The number of rotatable bonds is 8. The highest BCUT2D eigenvalue weighted by Gasteiger charge is 2.44. The number of amides is 2. The SMILES string of the molecule is O=C(NC(=O)c1cccc(OC(F)(F)C(F)F)c1)OCCN1CCN(c2ncc(C(F)(F)F)cc2Cl)CC1. The molecule has 1 aromatic heterocycles. The number of nitrogens with one attached hydrogen (secondary N) is 1. The van der Waals surface area contributed by atoms with Gasteiger partial charge < -0.3 is 14.4 Å². The van der Waals surface area contributed by atoms with Crippen molar-refractivity contribution < 1.29 is 49.8 Å². The van der Waals surface area contributed by atoms with Gasteiger partial charge in [-0.2, -0.15) is 30.7 Å². The minimum Gasteiger partial charge on any atom is -0.448 e. The van der Waals surface area contributed by atoms with Gasteiger partial charge in [-0.15, -0.1) is 0 Å². The summed E-state index contributed by atoms with van der Waals surface area (Å²) >= 11 is 5.98. The molecule has 1 N–H and O–H groups in total. The Morgan fingerprint density at radius 3 is 2.37 bits per heavy atom. The zero-order valence-corrected chi connectivity index (χ0v) is 20.0. The van der Waals surface area contributed by atoms with Crippen LogP contribution in [0.2, 0.25) is 5.02 Å². The summed E-state index contributed by atoms with van der Waals surface area (Å²) in [4.78, 5) is 31.5. The summed E-state index contributed by atoms with van der Waals surface area (Å²) in [6.45, 7) is 1.85. The average Bonchev–Trinajstić information content (AvgIpc) is 2.83. The molecule has 0 bridgehead atoms. The molecule has 1 saturated heterocycles. The Bertz CT molecular complexity index is 1140. The van der Waals surface area contributed by atoms with Crippen LogP contribution in [-0.4, -0.2) is 73.7 Å². The number of piperazine rings is 1. The van der Waals surface area contributed by atoms with Crippen molar-refractivity contribution in [1.29, 1.82) is 0 Å². The molecule has 2 amide bonds. The first-order chi connectivity index (χ1) is 17.8. The number of imide groups is 1. The molecule has 0 aliphatic carbocycles. The Balaban J connectivity index is 1.42. The Hall–Kier alpha value is -3.33. The number of alkyl carbamates (subject to hydrolysis) is 1. The van der Waals surface area contributed by atoms with Gasteiger partial charge in [0.15, 0.2) is 0 Å². The number of carbonyl (C=O) groups excluding carboxylic acids is 2. The summed E-state index contributed by atoms with van der Waals surface area (Å²) in [5, 5.41) is 1.75. The van der Waals surface area contributed by atoms with Crippen molar-refractivity contribution in [3.63, 3.8) is 0 Å². The van der Waals surface area contributed by atoms with E-state index in [9.17, 15) is 40.3 Å². The standard InChI is InChI=1S/C22H20ClF7N4O4/c23-16-11-14(21(26,27)28)12-31-17(16)34-6-4-33(5-7-34)8-9-37-20(36)32-18(35)13-2-1-3-15(10-13)38-22(29,30)19(24)25/h1-3,10-12,19H,4-9H2,(H,32,35,36). The van der Waals surface area contributed by atoms with E-state index in [1.165, 1.54) is 0 Å². The zero-order chi connectivity index (χ0) is 28.1. The number of hydrogen-bond acceptors (Lipinski definition) is 7. The van der Waals surface area contributed by atoms with Crippen LogP contribution in [0.3, 0.4) is 0 Å². The van der Waals surface area contributed by atoms with E-state index in [1.54, 1.807) is 4.90 Å². The minimum absolute atomic E-state index is 0.123. The van der Waals surface area contributed by atoms with E-state index < -0.39 is 42.0 Å². The lowest BCUT2D eigenvalue weighted by atomic mass is 10.2. The van der Waals surface area contributed by atoms with E-state index in [4.69, 9.17) is 16.3 Å². The number of hydrogen-bond donors (Lipinski definition) is 1. The summed E-state index contributed by atoms with van der Waals surface area (Å²) in [6, 6.07) is 4.76. The molecule has 0 saturated carbocycles. The molecule has 16 heteroatoms. The van der Waals surface area contributed by atoms with Crippen LogP contribution in [0.5, 0.6) is 5.75 Å². The van der Waals surface area contributed by atoms with Crippen molar-refractivity contribution >= 4 is 29.4 Å². The molecule has 2 heterocycles. The van der Waals surface area contributed by atoms with Gasteiger partial charge >= 0.3 is 24.8 Å². The van der Waals surface area contributed by atoms with Crippen molar-refractivity contribution in [2.75, 3.05) is 44.2 Å². The van der Waals surface area contributed by atoms with Crippen molar-refractivity contribution in [2.24, 2.45) is 0 Å². The zero-order valence-electron chi connectivity index (χ0n) is 19.3. The molecule has 3 rings (SSSR count). The van der Waals surface area contributed by atoms with E-state index >= 15 is 0 Å². The number of anilines is 1. The van der Waals surface area contributed by atoms with Gasteiger partial charge in [-0.25, -0.2) is 9.78 Å². The first kappa shape index (κ1) is 29.2. The topological polar surface area (TPSA) is 84.0 Å². The summed E-state index contributed by atoms with van der Waals surface area (Å²) in [5.41, 5.74) is -1.26. The number of alkyl halides is 7. The molecule has 1 aliphatic rings. The van der Waals surface area contributed by atoms with Crippen LogP contribution in [-0.2, 0) is 10.9 Å². The second-order valence-electron chi connectivity index (χ2n) is 7.94. The number of ether oxygens (including phenoxy) is 2. The fourth-order valence-corrected chi connectivity index (χ4v) is 3.66. The highest BCUT2D eigenvalue weighted by Crippen LogP contribution is 2.33. The fourth-order valence-electron chi connectivity index (χ4n) is 3.37. The van der Waals surface area contributed by atoms with Gasteiger partial charge in [0.2, 0.25) is 0 Å². The molecule has 0 spiro atoms. The Kier molecular flexibility index (Phi) is 9.25. The Morgan fingerprint density at radius 1 is 1.08 bits per heavy atom. The van der Waals surface area contributed by atoms with E-state index in [0.717, 1.165) is 30.3 Å². The molecule has 38 heavy (non-hydrogen) atoms. The number of carbonyl (C=O) groups is 2. The van der Waals surface area contributed by atoms with Gasteiger partial charge in [-0.1, -0.05) is 17.7 Å². The predicted octanol–water partition coefficient (Wildman–Crippen LogP) is 4.68. The van der Waals surface area contributed by atoms with Gasteiger partial charge in [0.25, 0.3) is 5.91 Å². The largest absolute Gasteiger partial charge is 0.461 e. The number of benzene rings is 1. The van der Waals surface area contributed by atoms with Crippen LogP contribution in [0.15, 0.2) is 36.5 Å². The number of halogens is 8. The Morgan fingerprint density at radius 2 is 1.76 bits per heavy atom. The molecule has 0 atom stereocenters. The van der Waals surface area contributed by atoms with Crippen LogP contribution in [0.4, 0.5) is 41.3 Å². The molecule has 1 fully saturated rings. The monoisotopic (exact) mass is 572 g/mol. The highest BCUT2D eigenvalue weighted by atomic mass is 35.5. The molecule has 1 aliphatic heterocycles. The van der Waals surface area contributed by atoms with Gasteiger partial charge in [-0.3, -0.25) is 15.0 Å². The van der Waals surface area contributed by atoms with Crippen LogP contribution >= 0.6 is 11.6 Å². The third kappa shape index (κ3) is 7.84. The van der Waals surface area contributed by atoms with Crippen LogP contribution in [0.25, 0.3) is 0 Å². The van der Waals surface area contributed by atoms with E-state index in [-0.39, 0.29) is 29.6 Å². The fraction of sp³-hybridized carbons (Fsp3) is 0.409. The van der Waals surface area contributed by atoms with Crippen molar-refractivity contribution in [2.45, 2.75) is 18.7 Å². The second kappa shape index (κ2) is 12.0. The summed E-state index contributed by atoms with van der Waals surface area (Å²) < 4.78 is 97.9. The molecular weight excluding hydrogens is 553 g/mol. The van der Waals surface area contributed by atoms with Crippen LogP contribution < -0.4 is 15.0 Å². The third-order valence-electron chi connectivity index (χ3n) is 5.28. The maximum atomic E-state index is 13.0. The summed E-state index contributed by atoms with van der Waals surface area (Å²) in [5.74, 6) is -1.51. The normalized spacial score (nSPS) is 14.9. The smallest absolute Gasteiger partial charge is 0.448 e. The number of nitrogens with zero attached hydrogens (tertiary/aromatic N) is 3. The first-order valence-corrected chi connectivity index (χ1v) is 11.3. The van der Waals surface area contributed by atoms with Crippen molar-refractivity contribution in [1.82, 2.24) is 15.2 Å².